The van der Waals surface area contributed by atoms with Crippen LogP contribution >= 0.6 is 11.8 Å². The van der Waals surface area contributed by atoms with E-state index in [1.165, 1.54) is 11.8 Å². The zero-order chi connectivity index (χ0) is 24.8. The van der Waals surface area contributed by atoms with Crippen LogP contribution in [-0.4, -0.2) is 33.3 Å². The highest BCUT2D eigenvalue weighted by Gasteiger charge is 2.23. The van der Waals surface area contributed by atoms with Gasteiger partial charge in [0.15, 0.2) is 5.16 Å². The Hall–Kier alpha value is -3.91. The van der Waals surface area contributed by atoms with E-state index in [-0.39, 0.29) is 11.5 Å². The smallest absolute Gasteiger partial charge is 0.338 e. The molecule has 3 aromatic carbocycles. The van der Waals surface area contributed by atoms with Crippen molar-refractivity contribution in [3.05, 3.63) is 94.8 Å². The molecule has 0 aliphatic rings. The lowest BCUT2D eigenvalue weighted by molar-refractivity contribution is -0.115. The molecule has 8 heteroatoms. The van der Waals surface area contributed by atoms with Crippen LogP contribution in [0.3, 0.4) is 0 Å². The van der Waals surface area contributed by atoms with Gasteiger partial charge in [0.05, 0.1) is 34.0 Å². The molecule has 0 fully saturated rings. The number of anilines is 1. The van der Waals surface area contributed by atoms with Crippen molar-refractivity contribution in [1.82, 2.24) is 9.55 Å². The first-order chi connectivity index (χ1) is 17.0. The van der Waals surface area contributed by atoms with Crippen LogP contribution in [0.2, 0.25) is 0 Å². The van der Waals surface area contributed by atoms with Gasteiger partial charge in [-0.1, -0.05) is 49.0 Å². The molecule has 1 N–H and O–H groups in total. The number of benzene rings is 3. The van der Waals surface area contributed by atoms with Crippen LogP contribution in [0.1, 0.15) is 30.6 Å². The molecule has 0 bridgehead atoms. The number of para-hydroxylation sites is 2. The second-order valence-electron chi connectivity index (χ2n) is 7.69. The van der Waals surface area contributed by atoms with Crippen LogP contribution in [0.4, 0.5) is 5.69 Å². The lowest BCUT2D eigenvalue weighted by atomic mass is 10.2. The molecule has 0 saturated carbocycles. The largest absolute Gasteiger partial charge is 0.462 e. The molecular weight excluding hydrogens is 462 g/mol. The van der Waals surface area contributed by atoms with Gasteiger partial charge in [-0.25, -0.2) is 9.78 Å². The second kappa shape index (κ2) is 11.0. The number of aromatic nitrogens is 2. The second-order valence-corrected chi connectivity index (χ2v) is 8.86. The van der Waals surface area contributed by atoms with Crippen molar-refractivity contribution in [2.45, 2.75) is 30.7 Å². The average Bonchev–Trinajstić information content (AvgIpc) is 2.88. The summed E-state index contributed by atoms with van der Waals surface area (Å²) in [7, 11) is 0. The van der Waals surface area contributed by atoms with E-state index in [1.54, 1.807) is 47.9 Å². The Morgan fingerprint density at radius 3 is 2.34 bits per heavy atom. The summed E-state index contributed by atoms with van der Waals surface area (Å²) >= 11 is 1.25. The molecule has 1 heterocycles. The molecular formula is C27H25N3O4S. The van der Waals surface area contributed by atoms with Crippen molar-refractivity contribution < 1.29 is 14.3 Å². The topological polar surface area (TPSA) is 90.3 Å². The van der Waals surface area contributed by atoms with E-state index >= 15 is 0 Å². The van der Waals surface area contributed by atoms with Gasteiger partial charge in [-0.3, -0.25) is 14.2 Å². The van der Waals surface area contributed by atoms with Crippen LogP contribution in [-0.2, 0) is 9.53 Å². The molecule has 1 unspecified atom stereocenters. The van der Waals surface area contributed by atoms with Gasteiger partial charge >= 0.3 is 5.97 Å². The van der Waals surface area contributed by atoms with Crippen molar-refractivity contribution in [3.63, 3.8) is 0 Å². The zero-order valence-corrected chi connectivity index (χ0v) is 20.2. The number of carbonyl (C=O) groups excluding carboxylic acids is 2. The third-order valence-corrected chi connectivity index (χ3v) is 6.65. The number of hydrogen-bond acceptors (Lipinski definition) is 6. The van der Waals surface area contributed by atoms with E-state index in [4.69, 9.17) is 9.72 Å². The quantitative estimate of drug-likeness (QED) is 0.212. The molecule has 0 spiro atoms. The molecule has 1 amide bonds. The summed E-state index contributed by atoms with van der Waals surface area (Å²) in [5.41, 5.74) is 2.06. The maximum atomic E-state index is 13.4. The Morgan fingerprint density at radius 1 is 0.971 bits per heavy atom. The highest BCUT2D eigenvalue weighted by Crippen LogP contribution is 2.28. The van der Waals surface area contributed by atoms with Crippen molar-refractivity contribution in [2.24, 2.45) is 0 Å². The summed E-state index contributed by atoms with van der Waals surface area (Å²) in [5.74, 6) is -0.628. The number of hydrogen-bond donors (Lipinski definition) is 1. The minimum Gasteiger partial charge on any atom is -0.462 e. The molecule has 1 aromatic heterocycles. The lowest BCUT2D eigenvalue weighted by Crippen LogP contribution is -2.27. The molecule has 0 radical (unpaired) electrons. The van der Waals surface area contributed by atoms with Crippen LogP contribution in [0.15, 0.2) is 88.8 Å². The number of carbonyl (C=O) groups is 2. The van der Waals surface area contributed by atoms with E-state index in [2.05, 4.69) is 5.32 Å². The number of ether oxygens (including phenoxy) is 1. The Morgan fingerprint density at radius 2 is 1.66 bits per heavy atom. The first-order valence-corrected chi connectivity index (χ1v) is 12.2. The summed E-state index contributed by atoms with van der Waals surface area (Å²) in [6, 6.07) is 23.0. The number of nitrogens with zero attached hydrogens (tertiary/aromatic N) is 2. The van der Waals surface area contributed by atoms with E-state index < -0.39 is 11.2 Å². The molecule has 0 aliphatic heterocycles. The SMILES string of the molecule is CCOC(=O)c1ccc(NC(=O)C(CC)Sc2nc3ccccc3c(=O)n2-c2ccccc2)cc1. The molecule has 7 nitrogen and oxygen atoms in total. The minimum atomic E-state index is -0.497. The summed E-state index contributed by atoms with van der Waals surface area (Å²) in [5, 5.41) is 3.36. The fraction of sp³-hybridized carbons (Fsp3) is 0.185. The van der Waals surface area contributed by atoms with Crippen molar-refractivity contribution in [1.29, 1.82) is 0 Å². The van der Waals surface area contributed by atoms with E-state index in [0.29, 0.717) is 46.0 Å². The van der Waals surface area contributed by atoms with E-state index in [9.17, 15) is 14.4 Å². The van der Waals surface area contributed by atoms with Gasteiger partial charge in [0.1, 0.15) is 0 Å². The van der Waals surface area contributed by atoms with Gasteiger partial charge in [0.25, 0.3) is 5.56 Å². The van der Waals surface area contributed by atoms with Crippen LogP contribution in [0.25, 0.3) is 16.6 Å². The highest BCUT2D eigenvalue weighted by molar-refractivity contribution is 8.00. The maximum absolute atomic E-state index is 13.4. The van der Waals surface area contributed by atoms with E-state index in [0.717, 1.165) is 0 Å². The summed E-state index contributed by atoms with van der Waals surface area (Å²) in [6.45, 7) is 3.95. The molecule has 35 heavy (non-hydrogen) atoms. The molecule has 0 aliphatic carbocycles. The number of rotatable bonds is 8. The Kier molecular flexibility index (Phi) is 7.62. The van der Waals surface area contributed by atoms with Gasteiger partial charge in [-0.05, 0) is 61.9 Å². The maximum Gasteiger partial charge on any atom is 0.338 e. The number of thioether (sulfide) groups is 1. The summed E-state index contributed by atoms with van der Waals surface area (Å²) in [6.07, 6.45) is 0.523. The number of amides is 1. The third kappa shape index (κ3) is 5.44. The molecule has 4 aromatic rings. The van der Waals surface area contributed by atoms with Crippen LogP contribution < -0.4 is 10.9 Å². The first-order valence-electron chi connectivity index (χ1n) is 11.3. The average molecular weight is 488 g/mol. The number of fused-ring (bicyclic) bond motifs is 1. The third-order valence-electron chi connectivity index (χ3n) is 5.33. The standard InChI is InChI=1S/C27H25N3O4S/c1-3-23(24(31)28-19-16-14-18(15-17-19)26(33)34-4-2)35-27-29-22-13-9-8-12-21(22)25(32)30(27)20-10-6-5-7-11-20/h5-17,23H,3-4H2,1-2H3,(H,28,31). The molecule has 4 rings (SSSR count). The van der Waals surface area contributed by atoms with Crippen molar-refractivity contribution >= 4 is 40.2 Å². The van der Waals surface area contributed by atoms with Gasteiger partial charge in [0, 0.05) is 5.69 Å². The fourth-order valence-corrected chi connectivity index (χ4v) is 4.60. The monoisotopic (exact) mass is 487 g/mol. The highest BCUT2D eigenvalue weighted by atomic mass is 32.2. The van der Waals surface area contributed by atoms with Crippen molar-refractivity contribution in [3.8, 4) is 5.69 Å². The summed E-state index contributed by atoms with van der Waals surface area (Å²) in [4.78, 5) is 43.1. The van der Waals surface area contributed by atoms with Gasteiger partial charge in [-0.2, -0.15) is 0 Å². The summed E-state index contributed by atoms with van der Waals surface area (Å²) < 4.78 is 6.55. The molecule has 1 atom stereocenters. The lowest BCUT2D eigenvalue weighted by Gasteiger charge is -2.18. The van der Waals surface area contributed by atoms with Gasteiger partial charge in [0.2, 0.25) is 5.91 Å². The predicted molar refractivity (Wildman–Crippen MR) is 138 cm³/mol. The Labute approximate surface area is 207 Å². The Balaban J connectivity index is 1.62. The first kappa shape index (κ1) is 24.2. The number of esters is 1. The minimum absolute atomic E-state index is 0.186. The van der Waals surface area contributed by atoms with E-state index in [1.807, 2.05) is 49.4 Å². The Bertz CT molecular complexity index is 1400. The molecule has 178 valence electrons. The van der Waals surface area contributed by atoms with Crippen molar-refractivity contribution in [2.75, 3.05) is 11.9 Å². The fourth-order valence-electron chi connectivity index (χ4n) is 3.57. The predicted octanol–water partition coefficient (Wildman–Crippen LogP) is 5.07. The molecule has 0 saturated heterocycles. The van der Waals surface area contributed by atoms with Gasteiger partial charge < -0.3 is 10.1 Å². The van der Waals surface area contributed by atoms with Crippen LogP contribution in [0.5, 0.6) is 0 Å². The van der Waals surface area contributed by atoms with Crippen LogP contribution in [0, 0.1) is 0 Å². The zero-order valence-electron chi connectivity index (χ0n) is 19.4. The number of nitrogens with one attached hydrogen (secondary N) is 1. The van der Waals surface area contributed by atoms with Gasteiger partial charge in [-0.15, -0.1) is 0 Å². The normalized spacial score (nSPS) is 11.7.